The van der Waals surface area contributed by atoms with Gasteiger partial charge in [-0.15, -0.1) is 0 Å². The van der Waals surface area contributed by atoms with Gasteiger partial charge in [-0.1, -0.05) is 6.92 Å². The fourth-order valence-corrected chi connectivity index (χ4v) is 1.90. The standard InChI is InChI=1S/C10H15FO2/c1-6-5-7(6)10(12)13-9-4-2-3-8(9)11/h6-9H,2-5H2,1H3/t6?,7?,8-,9-/m0/s1. The maximum atomic E-state index is 13.1. The van der Waals surface area contributed by atoms with Crippen molar-refractivity contribution in [3.8, 4) is 0 Å². The minimum atomic E-state index is -0.919. The van der Waals surface area contributed by atoms with Crippen LogP contribution in [0.5, 0.6) is 0 Å². The van der Waals surface area contributed by atoms with E-state index in [1.54, 1.807) is 0 Å². The topological polar surface area (TPSA) is 26.3 Å². The Hall–Kier alpha value is -0.600. The highest BCUT2D eigenvalue weighted by molar-refractivity contribution is 5.75. The van der Waals surface area contributed by atoms with Gasteiger partial charge in [0.25, 0.3) is 0 Å². The number of esters is 1. The van der Waals surface area contributed by atoms with Gasteiger partial charge in [0, 0.05) is 0 Å². The smallest absolute Gasteiger partial charge is 0.309 e. The van der Waals surface area contributed by atoms with Gasteiger partial charge in [0.2, 0.25) is 0 Å². The highest BCUT2D eigenvalue weighted by Gasteiger charge is 2.42. The number of carbonyl (C=O) groups is 1. The summed E-state index contributed by atoms with van der Waals surface area (Å²) in [4.78, 5) is 11.3. The Morgan fingerprint density at radius 3 is 2.62 bits per heavy atom. The summed E-state index contributed by atoms with van der Waals surface area (Å²) >= 11 is 0. The first-order chi connectivity index (χ1) is 6.18. The quantitative estimate of drug-likeness (QED) is 0.617. The highest BCUT2D eigenvalue weighted by Crippen LogP contribution is 2.39. The molecule has 2 fully saturated rings. The maximum absolute atomic E-state index is 13.1. The maximum Gasteiger partial charge on any atom is 0.309 e. The summed E-state index contributed by atoms with van der Waals surface area (Å²) in [5.41, 5.74) is 0. The summed E-state index contributed by atoms with van der Waals surface area (Å²) in [5.74, 6) is 0.335. The van der Waals surface area contributed by atoms with Crippen LogP contribution in [0.25, 0.3) is 0 Å². The number of rotatable bonds is 2. The number of carbonyl (C=O) groups excluding carboxylic acids is 1. The van der Waals surface area contributed by atoms with Gasteiger partial charge in [-0.05, 0) is 31.6 Å². The van der Waals surface area contributed by atoms with E-state index in [-0.39, 0.29) is 11.9 Å². The lowest BCUT2D eigenvalue weighted by Crippen LogP contribution is -2.24. The van der Waals surface area contributed by atoms with E-state index in [1.165, 1.54) is 0 Å². The Labute approximate surface area is 77.5 Å². The Morgan fingerprint density at radius 2 is 2.15 bits per heavy atom. The molecule has 0 bridgehead atoms. The summed E-state index contributed by atoms with van der Waals surface area (Å²) in [6, 6.07) is 0. The van der Waals surface area contributed by atoms with Gasteiger partial charge in [-0.3, -0.25) is 4.79 Å². The van der Waals surface area contributed by atoms with Crippen LogP contribution in [0.2, 0.25) is 0 Å². The third kappa shape index (κ3) is 1.84. The molecule has 0 aromatic rings. The van der Waals surface area contributed by atoms with Crippen molar-refractivity contribution in [1.29, 1.82) is 0 Å². The van der Waals surface area contributed by atoms with Gasteiger partial charge in [-0.25, -0.2) is 4.39 Å². The van der Waals surface area contributed by atoms with Crippen LogP contribution in [0.4, 0.5) is 4.39 Å². The van der Waals surface area contributed by atoms with Gasteiger partial charge in [0.15, 0.2) is 0 Å². The van der Waals surface area contributed by atoms with Gasteiger partial charge in [0.1, 0.15) is 12.3 Å². The molecule has 2 aliphatic carbocycles. The van der Waals surface area contributed by atoms with Gasteiger partial charge < -0.3 is 4.74 Å². The molecule has 74 valence electrons. The zero-order chi connectivity index (χ0) is 9.42. The first-order valence-electron chi connectivity index (χ1n) is 5.03. The summed E-state index contributed by atoms with van der Waals surface area (Å²) in [5, 5.41) is 0. The van der Waals surface area contributed by atoms with E-state index in [9.17, 15) is 9.18 Å². The lowest BCUT2D eigenvalue weighted by Gasteiger charge is -2.13. The highest BCUT2D eigenvalue weighted by atomic mass is 19.1. The summed E-state index contributed by atoms with van der Waals surface area (Å²) in [6.45, 7) is 2.02. The number of halogens is 1. The molecule has 3 heteroatoms. The fourth-order valence-electron chi connectivity index (χ4n) is 1.90. The third-order valence-corrected chi connectivity index (χ3v) is 3.05. The monoisotopic (exact) mass is 186 g/mol. The molecule has 13 heavy (non-hydrogen) atoms. The van der Waals surface area contributed by atoms with Crippen molar-refractivity contribution in [3.05, 3.63) is 0 Å². The second kappa shape index (κ2) is 3.28. The number of hydrogen-bond donors (Lipinski definition) is 0. The normalized spacial score (nSPS) is 43.2. The number of alkyl halides is 1. The van der Waals surface area contributed by atoms with E-state index in [0.29, 0.717) is 18.8 Å². The van der Waals surface area contributed by atoms with Gasteiger partial charge in [-0.2, -0.15) is 0 Å². The molecular formula is C10H15FO2. The van der Waals surface area contributed by atoms with Crippen molar-refractivity contribution in [2.45, 2.75) is 44.9 Å². The summed E-state index contributed by atoms with van der Waals surface area (Å²) < 4.78 is 18.2. The molecule has 0 heterocycles. The van der Waals surface area contributed by atoms with Gasteiger partial charge in [0.05, 0.1) is 5.92 Å². The van der Waals surface area contributed by atoms with Crippen LogP contribution in [-0.2, 0) is 9.53 Å². The van der Waals surface area contributed by atoms with Crippen LogP contribution >= 0.6 is 0 Å². The largest absolute Gasteiger partial charge is 0.459 e. The van der Waals surface area contributed by atoms with Crippen molar-refractivity contribution >= 4 is 5.97 Å². The zero-order valence-corrected chi connectivity index (χ0v) is 7.83. The van der Waals surface area contributed by atoms with E-state index in [2.05, 4.69) is 0 Å². The average Bonchev–Trinajstić information content (AvgIpc) is 2.68. The number of ether oxygens (including phenoxy) is 1. The predicted octanol–water partition coefficient (Wildman–Crippen LogP) is 2.08. The van der Waals surface area contributed by atoms with E-state index >= 15 is 0 Å². The molecular weight excluding hydrogens is 171 g/mol. The van der Waals surface area contributed by atoms with Crippen molar-refractivity contribution in [2.24, 2.45) is 11.8 Å². The molecule has 4 atom stereocenters. The minimum absolute atomic E-state index is 0.0628. The second-order valence-corrected chi connectivity index (χ2v) is 4.24. The number of hydrogen-bond acceptors (Lipinski definition) is 2. The average molecular weight is 186 g/mol. The van der Waals surface area contributed by atoms with Crippen molar-refractivity contribution in [2.75, 3.05) is 0 Å². The van der Waals surface area contributed by atoms with Crippen molar-refractivity contribution < 1.29 is 13.9 Å². The first kappa shape index (κ1) is 8.97. The van der Waals surface area contributed by atoms with Crippen molar-refractivity contribution in [1.82, 2.24) is 0 Å². The summed E-state index contributed by atoms with van der Waals surface area (Å²) in [6.07, 6.45) is 1.66. The van der Waals surface area contributed by atoms with E-state index in [0.717, 1.165) is 12.8 Å². The molecule has 2 saturated carbocycles. The molecule has 0 aromatic carbocycles. The van der Waals surface area contributed by atoms with Crippen LogP contribution in [0.1, 0.15) is 32.6 Å². The molecule has 2 aliphatic rings. The predicted molar refractivity (Wildman–Crippen MR) is 45.9 cm³/mol. The zero-order valence-electron chi connectivity index (χ0n) is 7.83. The van der Waals surface area contributed by atoms with Gasteiger partial charge >= 0.3 is 5.97 Å². The van der Waals surface area contributed by atoms with E-state index in [4.69, 9.17) is 4.74 Å². The van der Waals surface area contributed by atoms with Crippen molar-refractivity contribution in [3.63, 3.8) is 0 Å². The minimum Gasteiger partial charge on any atom is -0.459 e. The molecule has 0 amide bonds. The summed E-state index contributed by atoms with van der Waals surface area (Å²) in [7, 11) is 0. The van der Waals surface area contributed by atoms with Crippen LogP contribution in [-0.4, -0.2) is 18.2 Å². The Bertz CT molecular complexity index is 217. The lowest BCUT2D eigenvalue weighted by molar-refractivity contribution is -0.153. The van der Waals surface area contributed by atoms with E-state index < -0.39 is 12.3 Å². The molecule has 0 aliphatic heterocycles. The molecule has 2 rings (SSSR count). The SMILES string of the molecule is CC1CC1C(=O)O[C@H]1CCC[C@@H]1F. The Kier molecular flexibility index (Phi) is 2.26. The first-order valence-corrected chi connectivity index (χ1v) is 5.03. The molecule has 2 unspecified atom stereocenters. The Balaban J connectivity index is 1.80. The van der Waals surface area contributed by atoms with Crippen LogP contribution in [0.15, 0.2) is 0 Å². The van der Waals surface area contributed by atoms with Crippen LogP contribution in [0, 0.1) is 11.8 Å². The lowest BCUT2D eigenvalue weighted by atomic mass is 10.3. The third-order valence-electron chi connectivity index (χ3n) is 3.05. The fraction of sp³-hybridized carbons (Fsp3) is 0.900. The van der Waals surface area contributed by atoms with E-state index in [1.807, 2.05) is 6.92 Å². The second-order valence-electron chi connectivity index (χ2n) is 4.24. The van der Waals surface area contributed by atoms with Crippen LogP contribution in [0.3, 0.4) is 0 Å². The molecule has 2 nitrogen and oxygen atoms in total. The molecule has 0 spiro atoms. The van der Waals surface area contributed by atoms with Crippen LogP contribution < -0.4 is 0 Å². The molecule has 0 N–H and O–H groups in total. The molecule has 0 radical (unpaired) electrons. The Morgan fingerprint density at radius 1 is 1.46 bits per heavy atom. The molecule has 0 aromatic heterocycles. The molecule has 0 saturated heterocycles.